The molecular formula is C12H21N3. The van der Waals surface area contributed by atoms with Gasteiger partial charge < -0.3 is 5.32 Å². The molecule has 0 bridgehead atoms. The van der Waals surface area contributed by atoms with Crippen LogP contribution in [-0.4, -0.2) is 16.8 Å². The largest absolute Gasteiger partial charge is 0.312 e. The van der Waals surface area contributed by atoms with Crippen LogP contribution in [0.25, 0.3) is 0 Å². The van der Waals surface area contributed by atoms with E-state index in [4.69, 9.17) is 0 Å². The molecule has 3 heteroatoms. The van der Waals surface area contributed by atoms with Crippen molar-refractivity contribution in [1.29, 1.82) is 0 Å². The lowest BCUT2D eigenvalue weighted by atomic mass is 9.96. The maximum Gasteiger partial charge on any atom is 0.0550 e. The molecule has 0 aliphatic heterocycles. The molecule has 1 heterocycles. The van der Waals surface area contributed by atoms with Crippen molar-refractivity contribution in [3.63, 3.8) is 0 Å². The van der Waals surface area contributed by atoms with Gasteiger partial charge in [0.05, 0.1) is 5.69 Å². The summed E-state index contributed by atoms with van der Waals surface area (Å²) in [4.78, 5) is 0. The van der Waals surface area contributed by atoms with Gasteiger partial charge in [-0.3, -0.25) is 4.68 Å². The summed E-state index contributed by atoms with van der Waals surface area (Å²) in [5.41, 5.74) is 1.31. The van der Waals surface area contributed by atoms with Gasteiger partial charge in [0.1, 0.15) is 0 Å². The highest BCUT2D eigenvalue weighted by Crippen LogP contribution is 2.32. The second-order valence-corrected chi connectivity index (χ2v) is 4.61. The van der Waals surface area contributed by atoms with E-state index in [2.05, 4.69) is 16.5 Å². The van der Waals surface area contributed by atoms with Crippen molar-refractivity contribution < 1.29 is 0 Å². The molecule has 0 radical (unpaired) electrons. The first-order valence-electron chi connectivity index (χ1n) is 5.96. The molecule has 1 atom stereocenters. The van der Waals surface area contributed by atoms with Crippen LogP contribution in [-0.2, 0) is 7.05 Å². The van der Waals surface area contributed by atoms with E-state index < -0.39 is 0 Å². The summed E-state index contributed by atoms with van der Waals surface area (Å²) in [6.07, 6.45) is 8.81. The lowest BCUT2D eigenvalue weighted by Crippen LogP contribution is -2.21. The van der Waals surface area contributed by atoms with Crippen LogP contribution in [0.3, 0.4) is 0 Å². The van der Waals surface area contributed by atoms with Crippen molar-refractivity contribution in [3.8, 4) is 0 Å². The fourth-order valence-electron chi connectivity index (χ4n) is 2.69. The highest BCUT2D eigenvalue weighted by atomic mass is 15.3. The van der Waals surface area contributed by atoms with Crippen LogP contribution >= 0.6 is 0 Å². The van der Waals surface area contributed by atoms with Crippen molar-refractivity contribution in [2.24, 2.45) is 13.0 Å². The van der Waals surface area contributed by atoms with Gasteiger partial charge in [0.25, 0.3) is 0 Å². The van der Waals surface area contributed by atoms with Gasteiger partial charge in [-0.25, -0.2) is 0 Å². The monoisotopic (exact) mass is 207 g/mol. The number of nitrogens with one attached hydrogen (secondary N) is 1. The zero-order valence-corrected chi connectivity index (χ0v) is 9.74. The highest BCUT2D eigenvalue weighted by Gasteiger charge is 2.21. The summed E-state index contributed by atoms with van der Waals surface area (Å²) in [5.74, 6) is 0.914. The van der Waals surface area contributed by atoms with Crippen LogP contribution in [0.2, 0.25) is 0 Å². The number of rotatable bonds is 4. The van der Waals surface area contributed by atoms with E-state index in [1.54, 1.807) is 0 Å². The van der Waals surface area contributed by atoms with E-state index in [-0.39, 0.29) is 0 Å². The van der Waals surface area contributed by atoms with Crippen LogP contribution in [0, 0.1) is 5.92 Å². The lowest BCUT2D eigenvalue weighted by molar-refractivity contribution is 0.398. The van der Waals surface area contributed by atoms with Gasteiger partial charge in [0.2, 0.25) is 0 Å². The predicted molar refractivity (Wildman–Crippen MR) is 61.6 cm³/mol. The van der Waals surface area contributed by atoms with E-state index in [1.807, 2.05) is 25.0 Å². The van der Waals surface area contributed by atoms with Gasteiger partial charge in [-0.2, -0.15) is 5.10 Å². The summed E-state index contributed by atoms with van der Waals surface area (Å²) >= 11 is 0. The Morgan fingerprint density at radius 3 is 2.80 bits per heavy atom. The second-order valence-electron chi connectivity index (χ2n) is 4.61. The van der Waals surface area contributed by atoms with E-state index in [1.165, 1.54) is 37.8 Å². The number of hydrogen-bond donors (Lipinski definition) is 1. The Hall–Kier alpha value is -0.830. The number of aryl methyl sites for hydroxylation is 1. The summed E-state index contributed by atoms with van der Waals surface area (Å²) in [6, 6.07) is 2.59. The third-order valence-electron chi connectivity index (χ3n) is 3.61. The molecule has 1 saturated carbocycles. The number of nitrogens with zero attached hydrogens (tertiary/aromatic N) is 2. The molecule has 1 aliphatic carbocycles. The zero-order valence-electron chi connectivity index (χ0n) is 9.74. The molecule has 84 valence electrons. The molecule has 15 heavy (non-hydrogen) atoms. The molecule has 1 N–H and O–H groups in total. The molecule has 0 saturated heterocycles. The first kappa shape index (κ1) is 10.7. The molecular weight excluding hydrogens is 186 g/mol. The Labute approximate surface area is 91.9 Å². The van der Waals surface area contributed by atoms with Gasteiger partial charge in [-0.05, 0) is 25.5 Å². The summed E-state index contributed by atoms with van der Waals surface area (Å²) in [5, 5.41) is 7.65. The number of aromatic nitrogens is 2. The zero-order chi connectivity index (χ0) is 10.7. The normalized spacial score (nSPS) is 19.6. The van der Waals surface area contributed by atoms with Crippen molar-refractivity contribution in [1.82, 2.24) is 15.1 Å². The van der Waals surface area contributed by atoms with Gasteiger partial charge in [-0.1, -0.05) is 25.7 Å². The fourth-order valence-corrected chi connectivity index (χ4v) is 2.69. The minimum absolute atomic E-state index is 0.473. The lowest BCUT2D eigenvalue weighted by Gasteiger charge is -2.20. The Morgan fingerprint density at radius 2 is 2.27 bits per heavy atom. The van der Waals surface area contributed by atoms with E-state index >= 15 is 0 Å². The predicted octanol–water partition coefficient (Wildman–Crippen LogP) is 2.26. The molecule has 0 spiro atoms. The van der Waals surface area contributed by atoms with E-state index in [0.29, 0.717) is 6.04 Å². The maximum absolute atomic E-state index is 4.24. The molecule has 1 aromatic heterocycles. The summed E-state index contributed by atoms with van der Waals surface area (Å²) in [6.45, 7) is 0. The van der Waals surface area contributed by atoms with Crippen LogP contribution in [0.4, 0.5) is 0 Å². The average molecular weight is 207 g/mol. The van der Waals surface area contributed by atoms with Crippen molar-refractivity contribution >= 4 is 0 Å². The van der Waals surface area contributed by atoms with Gasteiger partial charge >= 0.3 is 0 Å². The van der Waals surface area contributed by atoms with Crippen molar-refractivity contribution in [2.45, 2.75) is 38.1 Å². The van der Waals surface area contributed by atoms with Crippen LogP contribution in [0.1, 0.15) is 43.8 Å². The quantitative estimate of drug-likeness (QED) is 0.820. The molecule has 0 aromatic carbocycles. The van der Waals surface area contributed by atoms with Crippen molar-refractivity contribution in [3.05, 3.63) is 18.0 Å². The van der Waals surface area contributed by atoms with Crippen LogP contribution in [0.15, 0.2) is 12.3 Å². The summed E-state index contributed by atoms with van der Waals surface area (Å²) in [7, 11) is 4.07. The molecule has 1 aromatic rings. The van der Waals surface area contributed by atoms with Gasteiger partial charge in [0, 0.05) is 19.3 Å². The smallest absolute Gasteiger partial charge is 0.0550 e. The van der Waals surface area contributed by atoms with Gasteiger partial charge in [0.15, 0.2) is 0 Å². The number of hydrogen-bond acceptors (Lipinski definition) is 2. The average Bonchev–Trinajstić information content (AvgIpc) is 2.85. The fraction of sp³-hybridized carbons (Fsp3) is 0.750. The second kappa shape index (κ2) is 4.79. The Bertz CT molecular complexity index is 300. The topological polar surface area (TPSA) is 29.9 Å². The third kappa shape index (κ3) is 2.40. The first-order chi connectivity index (χ1) is 7.31. The van der Waals surface area contributed by atoms with E-state index in [0.717, 1.165) is 5.92 Å². The maximum atomic E-state index is 4.24. The van der Waals surface area contributed by atoms with E-state index in [9.17, 15) is 0 Å². The molecule has 2 rings (SSSR count). The first-order valence-corrected chi connectivity index (χ1v) is 5.96. The molecule has 3 nitrogen and oxygen atoms in total. The Balaban J connectivity index is 2.00. The minimum Gasteiger partial charge on any atom is -0.312 e. The van der Waals surface area contributed by atoms with Crippen LogP contribution in [0.5, 0.6) is 0 Å². The van der Waals surface area contributed by atoms with Crippen molar-refractivity contribution in [2.75, 3.05) is 7.05 Å². The SMILES string of the molecule is CNC(CC1CCCC1)c1ccnn1C. The van der Waals surface area contributed by atoms with Crippen LogP contribution < -0.4 is 5.32 Å². The highest BCUT2D eigenvalue weighted by molar-refractivity contribution is 5.06. The Kier molecular flexibility index (Phi) is 3.41. The molecule has 0 amide bonds. The molecule has 1 unspecified atom stereocenters. The Morgan fingerprint density at radius 1 is 1.53 bits per heavy atom. The van der Waals surface area contributed by atoms with Gasteiger partial charge in [-0.15, -0.1) is 0 Å². The summed E-state index contributed by atoms with van der Waals surface area (Å²) < 4.78 is 1.98. The molecule has 1 aliphatic rings. The molecule has 1 fully saturated rings. The standard InChI is InChI=1S/C12H21N3/c1-13-11(9-10-5-3-4-6-10)12-7-8-14-15(12)2/h7-8,10-11,13H,3-6,9H2,1-2H3. The third-order valence-corrected chi connectivity index (χ3v) is 3.61. The minimum atomic E-state index is 0.473.